The monoisotopic (exact) mass is 322 g/mol. The summed E-state index contributed by atoms with van der Waals surface area (Å²) in [6.07, 6.45) is 1.06. The molecule has 1 unspecified atom stereocenters. The predicted octanol–water partition coefficient (Wildman–Crippen LogP) is 2.77. The Morgan fingerprint density at radius 2 is 1.83 bits per heavy atom. The fourth-order valence-electron chi connectivity index (χ4n) is 3.14. The minimum atomic E-state index is -0.429. The summed E-state index contributed by atoms with van der Waals surface area (Å²) >= 11 is 0. The average Bonchev–Trinajstić information content (AvgIpc) is 2.83. The smallest absolute Gasteiger partial charge is 0.251 e. The highest BCUT2D eigenvalue weighted by molar-refractivity contribution is 6.22. The van der Waals surface area contributed by atoms with E-state index in [1.807, 2.05) is 50.2 Å². The van der Waals surface area contributed by atoms with Gasteiger partial charge in [-0.3, -0.25) is 9.59 Å². The van der Waals surface area contributed by atoms with Gasteiger partial charge < -0.3 is 5.32 Å². The molecule has 0 radical (unpaired) electrons. The van der Waals surface area contributed by atoms with Crippen molar-refractivity contribution in [1.82, 2.24) is 5.32 Å². The molecule has 1 aliphatic rings. The maximum absolute atomic E-state index is 12.6. The summed E-state index contributed by atoms with van der Waals surface area (Å²) in [7, 11) is 0. The van der Waals surface area contributed by atoms with Crippen molar-refractivity contribution in [1.29, 1.82) is 0 Å². The Morgan fingerprint density at radius 3 is 2.54 bits per heavy atom. The number of carbonyl (C=O) groups is 2. The Kier molecular flexibility index (Phi) is 4.76. The van der Waals surface area contributed by atoms with E-state index in [9.17, 15) is 9.59 Å². The molecular formula is C20H22N2O2. The number of rotatable bonds is 5. The third-order valence-corrected chi connectivity index (χ3v) is 4.39. The first-order valence-corrected chi connectivity index (χ1v) is 8.27. The molecule has 0 aliphatic carbocycles. The van der Waals surface area contributed by atoms with Crippen molar-refractivity contribution in [2.75, 3.05) is 11.4 Å². The van der Waals surface area contributed by atoms with E-state index in [4.69, 9.17) is 0 Å². The van der Waals surface area contributed by atoms with Crippen LogP contribution < -0.4 is 10.2 Å². The quantitative estimate of drug-likeness (QED) is 0.861. The molecule has 4 nitrogen and oxygen atoms in total. The van der Waals surface area contributed by atoms with Crippen molar-refractivity contribution in [2.24, 2.45) is 0 Å². The van der Waals surface area contributed by atoms with Crippen LogP contribution in [0.25, 0.3) is 0 Å². The minimum Gasteiger partial charge on any atom is -0.305 e. The highest BCUT2D eigenvalue weighted by atomic mass is 16.2. The first kappa shape index (κ1) is 16.4. The summed E-state index contributed by atoms with van der Waals surface area (Å²) < 4.78 is 0. The summed E-state index contributed by atoms with van der Waals surface area (Å²) in [6.45, 7) is 4.60. The molecule has 1 heterocycles. The van der Waals surface area contributed by atoms with Crippen molar-refractivity contribution in [2.45, 2.75) is 32.7 Å². The van der Waals surface area contributed by atoms with Crippen molar-refractivity contribution in [3.8, 4) is 0 Å². The highest BCUT2D eigenvalue weighted by Crippen LogP contribution is 2.27. The minimum absolute atomic E-state index is 0.135. The van der Waals surface area contributed by atoms with Crippen LogP contribution >= 0.6 is 0 Å². The van der Waals surface area contributed by atoms with Crippen LogP contribution in [0.1, 0.15) is 23.1 Å². The first-order valence-electron chi connectivity index (χ1n) is 8.27. The van der Waals surface area contributed by atoms with Crippen LogP contribution in [0.15, 0.2) is 48.5 Å². The van der Waals surface area contributed by atoms with Crippen LogP contribution in [0, 0.1) is 13.8 Å². The molecular weight excluding hydrogens is 300 g/mol. The van der Waals surface area contributed by atoms with E-state index in [2.05, 4.69) is 17.4 Å². The molecule has 124 valence electrons. The zero-order valence-corrected chi connectivity index (χ0v) is 14.1. The Hall–Kier alpha value is -2.46. The van der Waals surface area contributed by atoms with Gasteiger partial charge in [0, 0.05) is 0 Å². The molecule has 0 bridgehead atoms. The SMILES string of the molecule is Cc1ccc(N2C(=O)CC(NCCc3ccccc3)C2=O)c(C)c1. The second-order valence-electron chi connectivity index (χ2n) is 6.30. The Morgan fingerprint density at radius 1 is 1.08 bits per heavy atom. The molecule has 2 aromatic rings. The Balaban J connectivity index is 1.65. The number of imide groups is 1. The summed E-state index contributed by atoms with van der Waals surface area (Å²) in [6, 6.07) is 15.5. The van der Waals surface area contributed by atoms with Gasteiger partial charge in [-0.15, -0.1) is 0 Å². The van der Waals surface area contributed by atoms with Crippen LogP contribution in [-0.2, 0) is 16.0 Å². The van der Waals surface area contributed by atoms with Crippen molar-refractivity contribution in [3.05, 3.63) is 65.2 Å². The number of nitrogens with one attached hydrogen (secondary N) is 1. The van der Waals surface area contributed by atoms with E-state index in [0.29, 0.717) is 12.2 Å². The third-order valence-electron chi connectivity index (χ3n) is 4.39. The second-order valence-corrected chi connectivity index (χ2v) is 6.30. The van der Waals surface area contributed by atoms with Gasteiger partial charge in [0.1, 0.15) is 0 Å². The van der Waals surface area contributed by atoms with Gasteiger partial charge in [-0.25, -0.2) is 4.90 Å². The molecule has 24 heavy (non-hydrogen) atoms. The van der Waals surface area contributed by atoms with E-state index in [1.54, 1.807) is 0 Å². The molecule has 1 fully saturated rings. The van der Waals surface area contributed by atoms with E-state index in [-0.39, 0.29) is 18.2 Å². The average molecular weight is 322 g/mol. The van der Waals surface area contributed by atoms with E-state index < -0.39 is 6.04 Å². The molecule has 1 N–H and O–H groups in total. The van der Waals surface area contributed by atoms with Gasteiger partial charge in [0.2, 0.25) is 5.91 Å². The van der Waals surface area contributed by atoms with Gasteiger partial charge in [-0.2, -0.15) is 0 Å². The standard InChI is InChI=1S/C20H22N2O2/c1-14-8-9-18(15(2)12-14)22-19(23)13-17(20(22)24)21-11-10-16-6-4-3-5-7-16/h3-9,12,17,21H,10-11,13H2,1-2H3. The van der Waals surface area contributed by atoms with Crippen LogP contribution in [0.4, 0.5) is 5.69 Å². The number of benzene rings is 2. The highest BCUT2D eigenvalue weighted by Gasteiger charge is 2.39. The molecule has 2 aromatic carbocycles. The van der Waals surface area contributed by atoms with E-state index in [1.165, 1.54) is 10.5 Å². The third kappa shape index (κ3) is 3.39. The maximum Gasteiger partial charge on any atom is 0.251 e. The van der Waals surface area contributed by atoms with Crippen LogP contribution in [-0.4, -0.2) is 24.4 Å². The number of carbonyl (C=O) groups excluding carboxylic acids is 2. The Bertz CT molecular complexity index is 755. The second kappa shape index (κ2) is 6.97. The van der Waals surface area contributed by atoms with E-state index in [0.717, 1.165) is 17.5 Å². The molecule has 1 saturated heterocycles. The topological polar surface area (TPSA) is 49.4 Å². The van der Waals surface area contributed by atoms with Gasteiger partial charge in [0.05, 0.1) is 18.2 Å². The molecule has 2 amide bonds. The van der Waals surface area contributed by atoms with Crippen molar-refractivity contribution >= 4 is 17.5 Å². The molecule has 1 atom stereocenters. The van der Waals surface area contributed by atoms with Gasteiger partial charge in [0.15, 0.2) is 0 Å². The molecule has 0 spiro atoms. The molecule has 0 aromatic heterocycles. The van der Waals surface area contributed by atoms with Crippen molar-refractivity contribution < 1.29 is 9.59 Å². The number of amides is 2. The van der Waals surface area contributed by atoms with Crippen molar-refractivity contribution in [3.63, 3.8) is 0 Å². The van der Waals surface area contributed by atoms with Gasteiger partial charge in [0.25, 0.3) is 5.91 Å². The number of nitrogens with zero attached hydrogens (tertiary/aromatic N) is 1. The van der Waals surface area contributed by atoms with Gasteiger partial charge >= 0.3 is 0 Å². The lowest BCUT2D eigenvalue weighted by atomic mass is 10.1. The summed E-state index contributed by atoms with van der Waals surface area (Å²) in [5, 5.41) is 3.23. The summed E-state index contributed by atoms with van der Waals surface area (Å²) in [4.78, 5) is 26.3. The number of anilines is 1. The van der Waals surface area contributed by atoms with Crippen LogP contribution in [0.2, 0.25) is 0 Å². The zero-order valence-electron chi connectivity index (χ0n) is 14.1. The normalized spacial score (nSPS) is 17.6. The zero-order chi connectivity index (χ0) is 17.1. The summed E-state index contributed by atoms with van der Waals surface area (Å²) in [5.74, 6) is -0.288. The fraction of sp³-hybridized carbons (Fsp3) is 0.300. The lowest BCUT2D eigenvalue weighted by Gasteiger charge is -2.18. The number of hydrogen-bond donors (Lipinski definition) is 1. The summed E-state index contributed by atoms with van der Waals surface area (Å²) in [5.41, 5.74) is 3.98. The van der Waals surface area contributed by atoms with Crippen LogP contribution in [0.3, 0.4) is 0 Å². The predicted molar refractivity (Wildman–Crippen MR) is 95.0 cm³/mol. The van der Waals surface area contributed by atoms with E-state index >= 15 is 0 Å². The lowest BCUT2D eigenvalue weighted by molar-refractivity contribution is -0.121. The molecule has 3 rings (SSSR count). The number of hydrogen-bond acceptors (Lipinski definition) is 3. The molecule has 1 aliphatic heterocycles. The fourth-order valence-corrected chi connectivity index (χ4v) is 3.14. The van der Waals surface area contributed by atoms with Crippen LogP contribution in [0.5, 0.6) is 0 Å². The maximum atomic E-state index is 12.6. The Labute approximate surface area is 142 Å². The lowest BCUT2D eigenvalue weighted by Crippen LogP contribution is -2.39. The van der Waals surface area contributed by atoms with Gasteiger partial charge in [-0.05, 0) is 44.0 Å². The molecule has 0 saturated carbocycles. The largest absolute Gasteiger partial charge is 0.305 e. The molecule has 4 heteroatoms. The van der Waals surface area contributed by atoms with Gasteiger partial charge in [-0.1, -0.05) is 48.0 Å². The first-order chi connectivity index (χ1) is 11.6. The number of aryl methyl sites for hydroxylation is 2.